The fraction of sp³-hybridized carbons (Fsp3) is 0.192. The van der Waals surface area contributed by atoms with E-state index in [1.165, 1.54) is 26.0 Å². The van der Waals surface area contributed by atoms with Crippen LogP contribution in [0.5, 0.6) is 11.5 Å². The number of hydrogen-bond acceptors (Lipinski definition) is 5. The van der Waals surface area contributed by atoms with Crippen LogP contribution in [0.4, 0.5) is 13.2 Å². The van der Waals surface area contributed by atoms with Gasteiger partial charge in [-0.1, -0.05) is 30.3 Å². The molecule has 3 aromatic carbocycles. The summed E-state index contributed by atoms with van der Waals surface area (Å²) in [4.78, 5) is 15.8. The van der Waals surface area contributed by atoms with Crippen molar-refractivity contribution in [1.29, 1.82) is 0 Å². The van der Waals surface area contributed by atoms with E-state index >= 15 is 0 Å². The van der Waals surface area contributed by atoms with Crippen LogP contribution in [0.1, 0.15) is 25.2 Å². The lowest BCUT2D eigenvalue weighted by Crippen LogP contribution is -2.37. The minimum absolute atomic E-state index is 0.0172. The molecule has 0 aliphatic heterocycles. The zero-order chi connectivity index (χ0) is 25.9. The fourth-order valence-electron chi connectivity index (χ4n) is 3.23. The van der Waals surface area contributed by atoms with Crippen molar-refractivity contribution in [1.82, 2.24) is 14.8 Å². The van der Waals surface area contributed by atoms with E-state index in [9.17, 15) is 23.1 Å². The largest absolute Gasteiger partial charge is 0.486 e. The minimum Gasteiger partial charge on any atom is -0.486 e. The summed E-state index contributed by atoms with van der Waals surface area (Å²) in [6, 6.07) is 20.2. The van der Waals surface area contributed by atoms with Crippen LogP contribution in [0.15, 0.2) is 78.9 Å². The highest BCUT2D eigenvalue weighted by molar-refractivity contribution is 5.76. The molecule has 0 atom stereocenters. The first-order valence-corrected chi connectivity index (χ1v) is 10.9. The van der Waals surface area contributed by atoms with Crippen molar-refractivity contribution in [3.05, 3.63) is 90.3 Å². The quantitative estimate of drug-likeness (QED) is 0.332. The molecule has 0 saturated carbocycles. The maximum atomic E-state index is 12.9. The van der Waals surface area contributed by atoms with E-state index in [0.717, 1.165) is 12.1 Å². The van der Waals surface area contributed by atoms with Gasteiger partial charge in [-0.2, -0.15) is 13.2 Å². The highest BCUT2D eigenvalue weighted by Crippen LogP contribution is 2.31. The number of carboxylic acids is 1. The van der Waals surface area contributed by atoms with Crippen molar-refractivity contribution >= 4 is 5.97 Å². The van der Waals surface area contributed by atoms with Gasteiger partial charge in [0.2, 0.25) is 0 Å². The molecule has 0 amide bonds. The lowest BCUT2D eigenvalue weighted by atomic mass is 10.1. The summed E-state index contributed by atoms with van der Waals surface area (Å²) in [6.07, 6.45) is -4.43. The molecule has 0 aliphatic rings. The average molecular weight is 497 g/mol. The minimum atomic E-state index is -4.43. The first kappa shape index (κ1) is 24.8. The normalized spacial score (nSPS) is 11.8. The van der Waals surface area contributed by atoms with Crippen LogP contribution in [-0.2, 0) is 17.6 Å². The van der Waals surface area contributed by atoms with Crippen LogP contribution >= 0.6 is 0 Å². The van der Waals surface area contributed by atoms with E-state index in [0.29, 0.717) is 28.6 Å². The maximum absolute atomic E-state index is 12.9. The molecule has 0 aliphatic carbocycles. The third kappa shape index (κ3) is 5.65. The average Bonchev–Trinajstić information content (AvgIpc) is 3.28. The second kappa shape index (κ2) is 9.73. The number of carbonyl (C=O) groups is 1. The standard InChI is InChI=1S/C26H22F3N3O4/c1-25(2,24(33)34)36-21-14-12-20(13-15-21)35-16-22-30-23(31-32(22)19-6-4-3-5-7-19)17-8-10-18(11-9-17)26(27,28)29/h3-15H,16H2,1-2H3,(H,33,34). The number of nitrogens with zero attached hydrogens (tertiary/aromatic N) is 3. The Morgan fingerprint density at radius 2 is 1.53 bits per heavy atom. The van der Waals surface area contributed by atoms with Gasteiger partial charge < -0.3 is 14.6 Å². The third-order valence-electron chi connectivity index (χ3n) is 5.23. The summed E-state index contributed by atoms with van der Waals surface area (Å²) in [5.74, 6) is 0.446. The molecule has 0 radical (unpaired) electrons. The Morgan fingerprint density at radius 1 is 0.917 bits per heavy atom. The third-order valence-corrected chi connectivity index (χ3v) is 5.23. The molecule has 7 nitrogen and oxygen atoms in total. The van der Waals surface area contributed by atoms with Crippen molar-refractivity contribution in [2.24, 2.45) is 0 Å². The second-order valence-corrected chi connectivity index (χ2v) is 8.35. The van der Waals surface area contributed by atoms with E-state index in [1.807, 2.05) is 30.3 Å². The van der Waals surface area contributed by atoms with E-state index in [1.54, 1.807) is 28.9 Å². The summed E-state index contributed by atoms with van der Waals surface area (Å²) in [5, 5.41) is 13.7. The van der Waals surface area contributed by atoms with Gasteiger partial charge in [0.1, 0.15) is 18.1 Å². The molecule has 4 aromatic rings. The smallest absolute Gasteiger partial charge is 0.416 e. The SMILES string of the molecule is CC(C)(Oc1ccc(OCc2nc(-c3ccc(C(F)(F)F)cc3)nn2-c2ccccc2)cc1)C(=O)O. The molecule has 0 fully saturated rings. The van der Waals surface area contributed by atoms with Gasteiger partial charge in [-0.15, -0.1) is 5.10 Å². The Balaban J connectivity index is 1.56. The number of benzene rings is 3. The van der Waals surface area contributed by atoms with Crippen molar-refractivity contribution in [2.75, 3.05) is 0 Å². The Kier molecular flexibility index (Phi) is 6.69. The molecule has 1 heterocycles. The first-order valence-electron chi connectivity index (χ1n) is 10.9. The predicted octanol–water partition coefficient (Wildman–Crippen LogP) is 5.77. The van der Waals surface area contributed by atoms with Gasteiger partial charge in [0.15, 0.2) is 17.2 Å². The van der Waals surface area contributed by atoms with Crippen molar-refractivity contribution in [2.45, 2.75) is 32.2 Å². The lowest BCUT2D eigenvalue weighted by Gasteiger charge is -2.21. The van der Waals surface area contributed by atoms with E-state index in [2.05, 4.69) is 10.1 Å². The summed E-state index contributed by atoms with van der Waals surface area (Å²) < 4.78 is 51.7. The molecule has 4 rings (SSSR count). The van der Waals surface area contributed by atoms with Crippen LogP contribution in [0.2, 0.25) is 0 Å². The van der Waals surface area contributed by atoms with Crippen molar-refractivity contribution in [3.63, 3.8) is 0 Å². The summed E-state index contributed by atoms with van der Waals surface area (Å²) in [5.41, 5.74) is -0.997. The molecular weight excluding hydrogens is 475 g/mol. The molecule has 36 heavy (non-hydrogen) atoms. The molecule has 10 heteroatoms. The number of para-hydroxylation sites is 1. The van der Waals surface area contributed by atoms with E-state index in [4.69, 9.17) is 9.47 Å². The first-order chi connectivity index (χ1) is 17.0. The molecule has 1 N–H and O–H groups in total. The van der Waals surface area contributed by atoms with Crippen molar-refractivity contribution < 1.29 is 32.5 Å². The monoisotopic (exact) mass is 497 g/mol. The van der Waals surface area contributed by atoms with Crippen LogP contribution < -0.4 is 9.47 Å². The Bertz CT molecular complexity index is 1330. The highest BCUT2D eigenvalue weighted by atomic mass is 19.4. The zero-order valence-corrected chi connectivity index (χ0v) is 19.4. The number of hydrogen-bond donors (Lipinski definition) is 1. The Morgan fingerprint density at radius 3 is 2.11 bits per heavy atom. The second-order valence-electron chi connectivity index (χ2n) is 8.35. The summed E-state index contributed by atoms with van der Waals surface area (Å²) in [6.45, 7) is 2.91. The van der Waals surface area contributed by atoms with Gasteiger partial charge in [-0.3, -0.25) is 0 Å². The van der Waals surface area contributed by atoms with E-state index in [-0.39, 0.29) is 12.4 Å². The Hall–Kier alpha value is -4.34. The Labute approximate surface area is 204 Å². The van der Waals surface area contributed by atoms with Crippen LogP contribution in [0.25, 0.3) is 17.1 Å². The molecule has 0 spiro atoms. The molecule has 0 saturated heterocycles. The van der Waals surface area contributed by atoms with Gasteiger partial charge in [-0.05, 0) is 62.4 Å². The lowest BCUT2D eigenvalue weighted by molar-refractivity contribution is -0.152. The van der Waals surface area contributed by atoms with E-state index < -0.39 is 23.3 Å². The molecular formula is C26H22F3N3O4. The highest BCUT2D eigenvalue weighted by Gasteiger charge is 2.30. The number of carboxylic acid groups (broad SMARTS) is 1. The van der Waals surface area contributed by atoms with Crippen LogP contribution in [0.3, 0.4) is 0 Å². The number of aromatic nitrogens is 3. The molecule has 0 bridgehead atoms. The van der Waals surface area contributed by atoms with Gasteiger partial charge in [-0.25, -0.2) is 14.5 Å². The summed E-state index contributed by atoms with van der Waals surface area (Å²) >= 11 is 0. The summed E-state index contributed by atoms with van der Waals surface area (Å²) in [7, 11) is 0. The van der Waals surface area contributed by atoms with Crippen LogP contribution in [-0.4, -0.2) is 31.4 Å². The number of ether oxygens (including phenoxy) is 2. The molecule has 0 unspecified atom stereocenters. The predicted molar refractivity (Wildman–Crippen MR) is 125 cm³/mol. The molecule has 186 valence electrons. The number of alkyl halides is 3. The van der Waals surface area contributed by atoms with Crippen molar-refractivity contribution in [3.8, 4) is 28.6 Å². The van der Waals surface area contributed by atoms with Gasteiger partial charge in [0.25, 0.3) is 0 Å². The van der Waals surface area contributed by atoms with Gasteiger partial charge in [0, 0.05) is 5.56 Å². The number of halogens is 3. The van der Waals surface area contributed by atoms with Gasteiger partial charge >= 0.3 is 12.1 Å². The topological polar surface area (TPSA) is 86.5 Å². The number of aliphatic carboxylic acids is 1. The zero-order valence-electron chi connectivity index (χ0n) is 19.4. The maximum Gasteiger partial charge on any atom is 0.416 e. The number of rotatable bonds is 8. The van der Waals surface area contributed by atoms with Crippen LogP contribution in [0, 0.1) is 0 Å². The molecule has 1 aromatic heterocycles. The fourth-order valence-corrected chi connectivity index (χ4v) is 3.23. The van der Waals surface area contributed by atoms with Gasteiger partial charge in [0.05, 0.1) is 11.3 Å².